The summed E-state index contributed by atoms with van der Waals surface area (Å²) < 4.78 is 4.84. The van der Waals surface area contributed by atoms with Crippen LogP contribution in [0.3, 0.4) is 0 Å². The van der Waals surface area contributed by atoms with Gasteiger partial charge in [0, 0.05) is 0 Å². The van der Waals surface area contributed by atoms with E-state index in [4.69, 9.17) is 14.9 Å². The normalized spacial score (nSPS) is 14.5. The number of aliphatic hydroxyl groups is 1. The van der Waals surface area contributed by atoms with Gasteiger partial charge in [-0.25, -0.2) is 0 Å². The molecule has 0 aliphatic carbocycles. The van der Waals surface area contributed by atoms with E-state index < -0.39 is 24.1 Å². The Morgan fingerprint density at radius 2 is 1.93 bits per heavy atom. The number of carbonyl (C=O) groups excluding carboxylic acids is 1. The lowest BCUT2D eigenvalue weighted by molar-refractivity contribution is -0.154. The first-order valence-electron chi connectivity index (χ1n) is 4.55. The molecule has 0 heterocycles. The average molecular weight is 204 g/mol. The van der Waals surface area contributed by atoms with Crippen molar-refractivity contribution in [2.75, 3.05) is 0 Å². The third-order valence-corrected chi connectivity index (χ3v) is 1.62. The molecule has 5 heteroatoms. The van der Waals surface area contributed by atoms with Crippen LogP contribution in [0.1, 0.15) is 33.1 Å². The standard InChI is InChI=1S/C9H16O5/c1-3-7(5-8(11)12)14-9(13)4-6(2)10/h6-7,10H,3-5H2,1-2H3,(H,11,12). The summed E-state index contributed by atoms with van der Waals surface area (Å²) in [6.07, 6.45) is -1.20. The molecule has 2 unspecified atom stereocenters. The number of carboxylic acids is 1. The first kappa shape index (κ1) is 12.9. The van der Waals surface area contributed by atoms with E-state index in [2.05, 4.69) is 0 Å². The lowest BCUT2D eigenvalue weighted by Gasteiger charge is -2.14. The van der Waals surface area contributed by atoms with Crippen molar-refractivity contribution in [3.8, 4) is 0 Å². The van der Waals surface area contributed by atoms with E-state index >= 15 is 0 Å². The summed E-state index contributed by atoms with van der Waals surface area (Å²) in [6, 6.07) is 0. The highest BCUT2D eigenvalue weighted by molar-refractivity contribution is 5.71. The fourth-order valence-electron chi connectivity index (χ4n) is 0.939. The number of hydrogen-bond acceptors (Lipinski definition) is 4. The molecule has 0 saturated heterocycles. The van der Waals surface area contributed by atoms with Gasteiger partial charge >= 0.3 is 11.9 Å². The van der Waals surface area contributed by atoms with Gasteiger partial charge in [-0.2, -0.15) is 0 Å². The molecule has 14 heavy (non-hydrogen) atoms. The van der Waals surface area contributed by atoms with Crippen molar-refractivity contribution in [3.05, 3.63) is 0 Å². The molecular formula is C9H16O5. The summed E-state index contributed by atoms with van der Waals surface area (Å²) in [4.78, 5) is 21.4. The summed E-state index contributed by atoms with van der Waals surface area (Å²) in [5, 5.41) is 17.3. The zero-order chi connectivity index (χ0) is 11.1. The Labute approximate surface area is 82.7 Å². The van der Waals surface area contributed by atoms with Gasteiger partial charge in [-0.15, -0.1) is 0 Å². The van der Waals surface area contributed by atoms with Crippen LogP contribution < -0.4 is 0 Å². The van der Waals surface area contributed by atoms with E-state index in [1.165, 1.54) is 6.92 Å². The Balaban J connectivity index is 3.92. The highest BCUT2D eigenvalue weighted by atomic mass is 16.5. The predicted octanol–water partition coefficient (Wildman–Crippen LogP) is 0.554. The minimum Gasteiger partial charge on any atom is -0.481 e. The molecular weight excluding hydrogens is 188 g/mol. The van der Waals surface area contributed by atoms with E-state index in [0.717, 1.165) is 0 Å². The van der Waals surface area contributed by atoms with Crippen LogP contribution in [0, 0.1) is 0 Å². The Morgan fingerprint density at radius 1 is 1.36 bits per heavy atom. The van der Waals surface area contributed by atoms with Crippen molar-refractivity contribution in [2.45, 2.75) is 45.3 Å². The van der Waals surface area contributed by atoms with Crippen LogP contribution in [0.4, 0.5) is 0 Å². The number of rotatable bonds is 6. The third kappa shape index (κ3) is 6.42. The van der Waals surface area contributed by atoms with E-state index in [9.17, 15) is 9.59 Å². The van der Waals surface area contributed by atoms with Crippen molar-refractivity contribution >= 4 is 11.9 Å². The number of aliphatic carboxylic acids is 1. The molecule has 2 atom stereocenters. The second kappa shape index (κ2) is 6.37. The topological polar surface area (TPSA) is 83.8 Å². The lowest BCUT2D eigenvalue weighted by Crippen LogP contribution is -2.22. The second-order valence-electron chi connectivity index (χ2n) is 3.17. The molecule has 0 saturated carbocycles. The highest BCUT2D eigenvalue weighted by Crippen LogP contribution is 2.06. The Kier molecular flexibility index (Phi) is 5.87. The Hall–Kier alpha value is -1.10. The van der Waals surface area contributed by atoms with Crippen molar-refractivity contribution < 1.29 is 24.5 Å². The Morgan fingerprint density at radius 3 is 2.29 bits per heavy atom. The molecule has 0 aromatic rings. The zero-order valence-corrected chi connectivity index (χ0v) is 8.40. The quantitative estimate of drug-likeness (QED) is 0.617. The Bertz CT molecular complexity index is 199. The van der Waals surface area contributed by atoms with E-state index in [1.54, 1.807) is 6.92 Å². The molecule has 0 aromatic heterocycles. The minimum absolute atomic E-state index is 0.101. The molecule has 0 aliphatic rings. The molecule has 0 fully saturated rings. The van der Waals surface area contributed by atoms with Crippen LogP contribution >= 0.6 is 0 Å². The number of hydrogen-bond donors (Lipinski definition) is 2. The van der Waals surface area contributed by atoms with Gasteiger partial charge in [-0.05, 0) is 13.3 Å². The SMILES string of the molecule is CCC(CC(=O)O)OC(=O)CC(C)O. The summed E-state index contributed by atoms with van der Waals surface area (Å²) in [7, 11) is 0. The minimum atomic E-state index is -0.998. The van der Waals surface area contributed by atoms with Gasteiger partial charge in [-0.1, -0.05) is 6.92 Å². The fraction of sp³-hybridized carbons (Fsp3) is 0.778. The van der Waals surface area contributed by atoms with Crippen molar-refractivity contribution in [1.82, 2.24) is 0 Å². The largest absolute Gasteiger partial charge is 0.481 e. The number of carboxylic acid groups (broad SMARTS) is 1. The van der Waals surface area contributed by atoms with Crippen molar-refractivity contribution in [3.63, 3.8) is 0 Å². The van der Waals surface area contributed by atoms with Crippen molar-refractivity contribution in [1.29, 1.82) is 0 Å². The summed E-state index contributed by atoms with van der Waals surface area (Å²) in [5.74, 6) is -1.56. The highest BCUT2D eigenvalue weighted by Gasteiger charge is 2.16. The molecule has 0 bridgehead atoms. The molecule has 2 N–H and O–H groups in total. The van der Waals surface area contributed by atoms with Crippen LogP contribution in [0.15, 0.2) is 0 Å². The van der Waals surface area contributed by atoms with Crippen LogP contribution in [0.25, 0.3) is 0 Å². The average Bonchev–Trinajstić information content (AvgIpc) is 2.00. The monoisotopic (exact) mass is 204 g/mol. The number of ether oxygens (including phenoxy) is 1. The van der Waals surface area contributed by atoms with Gasteiger partial charge in [-0.3, -0.25) is 9.59 Å². The van der Waals surface area contributed by atoms with Gasteiger partial charge in [0.15, 0.2) is 0 Å². The molecule has 0 aliphatic heterocycles. The molecule has 82 valence electrons. The summed E-state index contributed by atoms with van der Waals surface area (Å²) >= 11 is 0. The number of carbonyl (C=O) groups is 2. The van der Waals surface area contributed by atoms with Gasteiger partial charge < -0.3 is 14.9 Å². The molecule has 0 amide bonds. The van der Waals surface area contributed by atoms with Gasteiger partial charge in [0.05, 0.1) is 18.9 Å². The molecule has 5 nitrogen and oxygen atoms in total. The maximum Gasteiger partial charge on any atom is 0.308 e. The molecule has 0 rings (SSSR count). The second-order valence-corrected chi connectivity index (χ2v) is 3.17. The van der Waals surface area contributed by atoms with Crippen LogP contribution in [0.2, 0.25) is 0 Å². The van der Waals surface area contributed by atoms with Crippen LogP contribution in [-0.2, 0) is 14.3 Å². The first-order chi connectivity index (χ1) is 6.45. The fourth-order valence-corrected chi connectivity index (χ4v) is 0.939. The molecule has 0 spiro atoms. The van der Waals surface area contributed by atoms with Gasteiger partial charge in [0.25, 0.3) is 0 Å². The van der Waals surface area contributed by atoms with E-state index in [0.29, 0.717) is 6.42 Å². The predicted molar refractivity (Wildman–Crippen MR) is 48.7 cm³/mol. The number of esters is 1. The molecule has 0 aromatic carbocycles. The van der Waals surface area contributed by atoms with E-state index in [-0.39, 0.29) is 12.8 Å². The lowest BCUT2D eigenvalue weighted by atomic mass is 10.2. The maximum absolute atomic E-state index is 11.0. The van der Waals surface area contributed by atoms with Crippen LogP contribution in [-0.4, -0.2) is 34.4 Å². The number of aliphatic hydroxyl groups excluding tert-OH is 1. The molecule has 0 radical (unpaired) electrons. The van der Waals surface area contributed by atoms with Gasteiger partial charge in [0.2, 0.25) is 0 Å². The summed E-state index contributed by atoms with van der Waals surface area (Å²) in [6.45, 7) is 3.21. The first-order valence-corrected chi connectivity index (χ1v) is 4.55. The summed E-state index contributed by atoms with van der Waals surface area (Å²) in [5.41, 5.74) is 0. The zero-order valence-electron chi connectivity index (χ0n) is 8.40. The van der Waals surface area contributed by atoms with Gasteiger partial charge in [0.1, 0.15) is 6.10 Å². The smallest absolute Gasteiger partial charge is 0.308 e. The van der Waals surface area contributed by atoms with Crippen LogP contribution in [0.5, 0.6) is 0 Å². The maximum atomic E-state index is 11.0. The third-order valence-electron chi connectivity index (χ3n) is 1.62. The van der Waals surface area contributed by atoms with E-state index in [1.807, 2.05) is 0 Å². The van der Waals surface area contributed by atoms with Crippen molar-refractivity contribution in [2.24, 2.45) is 0 Å².